The molecule has 0 radical (unpaired) electrons. The number of pyridine rings is 1. The molecule has 1 aromatic rings. The maximum absolute atomic E-state index is 12.1. The van der Waals surface area contributed by atoms with Crippen LogP contribution in [0.4, 0.5) is 5.69 Å². The van der Waals surface area contributed by atoms with Crippen LogP contribution in [0.15, 0.2) is 24.5 Å². The van der Waals surface area contributed by atoms with Crippen molar-refractivity contribution in [2.75, 3.05) is 17.4 Å². The van der Waals surface area contributed by atoms with Crippen molar-refractivity contribution in [1.29, 1.82) is 0 Å². The van der Waals surface area contributed by atoms with Gasteiger partial charge in [0.15, 0.2) is 0 Å². The van der Waals surface area contributed by atoms with Crippen molar-refractivity contribution in [3.63, 3.8) is 0 Å². The molecular formula is C10H17N3O2S. The fraction of sp³-hybridized carbons (Fsp3) is 0.500. The molecule has 0 fully saturated rings. The topological polar surface area (TPSA) is 76.3 Å². The summed E-state index contributed by atoms with van der Waals surface area (Å²) < 4.78 is 25.6. The second-order valence-corrected chi connectivity index (χ2v) is 5.74. The first-order chi connectivity index (χ1) is 7.54. The lowest BCUT2D eigenvalue weighted by atomic mass is 10.4. The van der Waals surface area contributed by atoms with Gasteiger partial charge in [-0.2, -0.15) is 0 Å². The zero-order chi connectivity index (χ0) is 12.2. The fourth-order valence-corrected chi connectivity index (χ4v) is 2.81. The van der Waals surface area contributed by atoms with Gasteiger partial charge in [0.25, 0.3) is 0 Å². The summed E-state index contributed by atoms with van der Waals surface area (Å²) in [5.41, 5.74) is 6.03. The Labute approximate surface area is 96.3 Å². The molecule has 0 aliphatic heterocycles. The van der Waals surface area contributed by atoms with Gasteiger partial charge in [-0.25, -0.2) is 8.42 Å². The Morgan fingerprint density at radius 3 is 2.44 bits per heavy atom. The van der Waals surface area contributed by atoms with E-state index in [0.29, 0.717) is 12.2 Å². The summed E-state index contributed by atoms with van der Waals surface area (Å²) >= 11 is 0. The van der Waals surface area contributed by atoms with Gasteiger partial charge in [0, 0.05) is 25.5 Å². The average Bonchev–Trinajstić information content (AvgIpc) is 2.30. The Bertz CT molecular complexity index is 419. The number of hydrogen-bond acceptors (Lipinski definition) is 4. The van der Waals surface area contributed by atoms with Crippen molar-refractivity contribution in [2.24, 2.45) is 5.73 Å². The van der Waals surface area contributed by atoms with Gasteiger partial charge in [0.1, 0.15) is 0 Å². The maximum Gasteiger partial charge on any atom is 0.239 e. The molecule has 0 spiro atoms. The van der Waals surface area contributed by atoms with Crippen molar-refractivity contribution in [3.05, 3.63) is 24.5 Å². The van der Waals surface area contributed by atoms with Gasteiger partial charge >= 0.3 is 0 Å². The molecule has 0 saturated carbocycles. The van der Waals surface area contributed by atoms with Crippen LogP contribution in [0, 0.1) is 0 Å². The minimum absolute atomic E-state index is 0.115. The summed E-state index contributed by atoms with van der Waals surface area (Å²) in [6.45, 7) is 3.90. The zero-order valence-corrected chi connectivity index (χ0v) is 10.3. The van der Waals surface area contributed by atoms with E-state index in [-0.39, 0.29) is 6.54 Å². The molecule has 2 N–H and O–H groups in total. The molecule has 1 unspecified atom stereocenters. The van der Waals surface area contributed by atoms with Crippen LogP contribution in [0.25, 0.3) is 0 Å². The van der Waals surface area contributed by atoms with Gasteiger partial charge in [-0.15, -0.1) is 0 Å². The summed E-state index contributed by atoms with van der Waals surface area (Å²) in [5, 5.41) is -0.583. The molecule has 0 saturated heterocycles. The predicted octanol–water partition coefficient (Wildman–Crippen LogP) is 0.585. The third kappa shape index (κ3) is 2.51. The summed E-state index contributed by atoms with van der Waals surface area (Å²) in [5.74, 6) is 0. The van der Waals surface area contributed by atoms with E-state index < -0.39 is 15.3 Å². The van der Waals surface area contributed by atoms with E-state index in [4.69, 9.17) is 5.73 Å². The highest BCUT2D eigenvalue weighted by atomic mass is 32.2. The molecule has 5 nitrogen and oxygen atoms in total. The van der Waals surface area contributed by atoms with E-state index in [9.17, 15) is 8.42 Å². The van der Waals surface area contributed by atoms with Crippen LogP contribution in [0.2, 0.25) is 0 Å². The van der Waals surface area contributed by atoms with Crippen LogP contribution in [0.1, 0.15) is 13.8 Å². The minimum atomic E-state index is -3.37. The number of nitrogens with zero attached hydrogens (tertiary/aromatic N) is 2. The molecule has 0 bridgehead atoms. The molecule has 1 atom stereocenters. The van der Waals surface area contributed by atoms with E-state index in [1.165, 1.54) is 4.31 Å². The van der Waals surface area contributed by atoms with Crippen molar-refractivity contribution >= 4 is 15.7 Å². The predicted molar refractivity (Wildman–Crippen MR) is 64.7 cm³/mol. The van der Waals surface area contributed by atoms with E-state index in [0.717, 1.165) is 0 Å². The normalized spacial score (nSPS) is 13.4. The molecule has 90 valence electrons. The SMILES string of the molecule is CCN(c1ccncc1)S(=O)(=O)C(C)CN. The van der Waals surface area contributed by atoms with Gasteiger partial charge in [0.2, 0.25) is 10.0 Å². The molecule has 1 aromatic heterocycles. The summed E-state index contributed by atoms with van der Waals surface area (Å²) in [6.07, 6.45) is 3.14. The second-order valence-electron chi connectivity index (χ2n) is 3.46. The smallest absolute Gasteiger partial charge is 0.239 e. The first-order valence-corrected chi connectivity index (χ1v) is 6.66. The molecule has 6 heteroatoms. The third-order valence-corrected chi connectivity index (χ3v) is 4.68. The summed E-state index contributed by atoms with van der Waals surface area (Å²) in [7, 11) is -3.37. The van der Waals surface area contributed by atoms with Crippen LogP contribution in [0.3, 0.4) is 0 Å². The van der Waals surface area contributed by atoms with Crippen molar-refractivity contribution in [3.8, 4) is 0 Å². The van der Waals surface area contributed by atoms with Crippen molar-refractivity contribution in [1.82, 2.24) is 4.98 Å². The lowest BCUT2D eigenvalue weighted by molar-refractivity contribution is 0.579. The van der Waals surface area contributed by atoms with Gasteiger partial charge < -0.3 is 5.73 Å². The lowest BCUT2D eigenvalue weighted by Gasteiger charge is -2.25. The Balaban J connectivity index is 3.09. The lowest BCUT2D eigenvalue weighted by Crippen LogP contribution is -2.40. The van der Waals surface area contributed by atoms with Crippen molar-refractivity contribution < 1.29 is 8.42 Å². The van der Waals surface area contributed by atoms with Crippen LogP contribution in [0.5, 0.6) is 0 Å². The Morgan fingerprint density at radius 1 is 1.44 bits per heavy atom. The number of aromatic nitrogens is 1. The van der Waals surface area contributed by atoms with Crippen LogP contribution in [-0.4, -0.2) is 31.7 Å². The van der Waals surface area contributed by atoms with Crippen LogP contribution in [-0.2, 0) is 10.0 Å². The van der Waals surface area contributed by atoms with Crippen LogP contribution < -0.4 is 10.0 Å². The molecule has 1 heterocycles. The van der Waals surface area contributed by atoms with E-state index in [2.05, 4.69) is 4.98 Å². The first-order valence-electron chi connectivity index (χ1n) is 5.15. The Hall–Kier alpha value is -1.14. The van der Waals surface area contributed by atoms with E-state index in [1.807, 2.05) is 0 Å². The molecular weight excluding hydrogens is 226 g/mol. The third-order valence-electron chi connectivity index (χ3n) is 2.39. The molecule has 0 aliphatic carbocycles. The Morgan fingerprint density at radius 2 is 2.00 bits per heavy atom. The maximum atomic E-state index is 12.1. The number of nitrogens with two attached hydrogens (primary N) is 1. The van der Waals surface area contributed by atoms with Gasteiger partial charge in [0.05, 0.1) is 10.9 Å². The molecule has 1 rings (SSSR count). The Kier molecular flexibility index (Phi) is 4.26. The number of sulfonamides is 1. The number of hydrogen-bond donors (Lipinski definition) is 1. The molecule has 0 aromatic carbocycles. The quantitative estimate of drug-likeness (QED) is 0.821. The summed E-state index contributed by atoms with van der Waals surface area (Å²) in [6, 6.07) is 3.34. The standard InChI is InChI=1S/C10H17N3O2S/c1-3-13(10-4-6-12-7-5-10)16(14,15)9(2)8-11/h4-7,9H,3,8,11H2,1-2H3. The monoisotopic (exact) mass is 243 g/mol. The fourth-order valence-electron chi connectivity index (χ4n) is 1.36. The molecule has 0 aliphatic rings. The number of anilines is 1. The summed E-state index contributed by atoms with van der Waals surface area (Å²) in [4.78, 5) is 3.86. The van der Waals surface area contributed by atoms with E-state index >= 15 is 0 Å². The largest absolute Gasteiger partial charge is 0.329 e. The van der Waals surface area contributed by atoms with E-state index in [1.54, 1.807) is 38.4 Å². The van der Waals surface area contributed by atoms with Gasteiger partial charge in [-0.1, -0.05) is 0 Å². The molecule has 16 heavy (non-hydrogen) atoms. The highest BCUT2D eigenvalue weighted by Crippen LogP contribution is 2.18. The highest BCUT2D eigenvalue weighted by Gasteiger charge is 2.26. The number of rotatable bonds is 5. The first kappa shape index (κ1) is 12.9. The average molecular weight is 243 g/mol. The van der Waals surface area contributed by atoms with Gasteiger partial charge in [-0.05, 0) is 26.0 Å². The second kappa shape index (κ2) is 5.27. The van der Waals surface area contributed by atoms with Crippen LogP contribution >= 0.6 is 0 Å². The minimum Gasteiger partial charge on any atom is -0.329 e. The highest BCUT2D eigenvalue weighted by molar-refractivity contribution is 7.93. The van der Waals surface area contributed by atoms with Gasteiger partial charge in [-0.3, -0.25) is 9.29 Å². The zero-order valence-electron chi connectivity index (χ0n) is 9.50. The van der Waals surface area contributed by atoms with Crippen molar-refractivity contribution in [2.45, 2.75) is 19.1 Å². The molecule has 0 amide bonds.